The smallest absolute Gasteiger partial charge is 0.253 e. The number of halogens is 2. The van der Waals surface area contributed by atoms with Crippen molar-refractivity contribution in [3.8, 4) is 5.75 Å². The summed E-state index contributed by atoms with van der Waals surface area (Å²) in [5, 5.41) is 3.42. The fourth-order valence-electron chi connectivity index (χ4n) is 3.23. The monoisotopic (exact) mass is 374 g/mol. The highest BCUT2D eigenvalue weighted by Gasteiger charge is 2.41. The standard InChI is InChI=1S/C15H19BrN2O2.ClH/c1-20-13-3-2-11(8-12(13)16)14(19)18-7-5-15(10-18)4-6-17-9-15;/h2-3,8,17H,4-7,9-10H2,1H3;1H. The van der Waals surface area contributed by atoms with Crippen molar-refractivity contribution in [3.05, 3.63) is 28.2 Å². The fraction of sp³-hybridized carbons (Fsp3) is 0.533. The minimum atomic E-state index is 0. The van der Waals surface area contributed by atoms with Crippen LogP contribution in [0, 0.1) is 5.41 Å². The van der Waals surface area contributed by atoms with Crippen LogP contribution in [0.5, 0.6) is 5.75 Å². The van der Waals surface area contributed by atoms with Gasteiger partial charge in [0.25, 0.3) is 5.91 Å². The van der Waals surface area contributed by atoms with Crippen LogP contribution in [-0.4, -0.2) is 44.1 Å². The second-order valence-corrected chi connectivity index (χ2v) is 6.61. The van der Waals surface area contributed by atoms with Gasteiger partial charge in [-0.05, 0) is 53.5 Å². The van der Waals surface area contributed by atoms with E-state index in [4.69, 9.17) is 4.74 Å². The number of ether oxygens (including phenoxy) is 1. The zero-order valence-electron chi connectivity index (χ0n) is 12.0. The molecule has 1 spiro atoms. The first kappa shape index (κ1) is 16.6. The molecule has 0 saturated carbocycles. The van der Waals surface area contributed by atoms with Crippen LogP contribution in [0.3, 0.4) is 0 Å². The molecular weight excluding hydrogens is 356 g/mol. The zero-order chi connectivity index (χ0) is 14.2. The summed E-state index contributed by atoms with van der Waals surface area (Å²) in [6.07, 6.45) is 2.30. The first-order chi connectivity index (χ1) is 9.63. The largest absolute Gasteiger partial charge is 0.496 e. The summed E-state index contributed by atoms with van der Waals surface area (Å²) in [7, 11) is 1.62. The molecule has 0 aliphatic carbocycles. The molecule has 2 heterocycles. The third-order valence-corrected chi connectivity index (χ3v) is 5.08. The number of methoxy groups -OCH3 is 1. The lowest BCUT2D eigenvalue weighted by molar-refractivity contribution is 0.0775. The Morgan fingerprint density at radius 3 is 2.86 bits per heavy atom. The summed E-state index contributed by atoms with van der Waals surface area (Å²) in [5.74, 6) is 0.872. The molecule has 2 aliphatic heterocycles. The Kier molecular flexibility index (Phi) is 5.17. The average Bonchev–Trinajstić information content (AvgIpc) is 3.09. The number of amides is 1. The van der Waals surface area contributed by atoms with Gasteiger partial charge in [0.05, 0.1) is 11.6 Å². The summed E-state index contributed by atoms with van der Waals surface area (Å²) in [4.78, 5) is 14.6. The Balaban J connectivity index is 0.00000161. The second kappa shape index (κ2) is 6.55. The predicted molar refractivity (Wildman–Crippen MR) is 88.4 cm³/mol. The SMILES string of the molecule is COc1ccc(C(=O)N2CCC3(CCNC3)C2)cc1Br.Cl. The number of hydrogen-bond acceptors (Lipinski definition) is 3. The van der Waals surface area contributed by atoms with E-state index in [0.717, 1.165) is 48.4 Å². The molecule has 0 aromatic heterocycles. The fourth-order valence-corrected chi connectivity index (χ4v) is 3.77. The molecule has 2 saturated heterocycles. The maximum Gasteiger partial charge on any atom is 0.253 e. The highest BCUT2D eigenvalue weighted by Crippen LogP contribution is 2.37. The van der Waals surface area contributed by atoms with Gasteiger partial charge in [0.2, 0.25) is 0 Å². The van der Waals surface area contributed by atoms with Gasteiger partial charge in [-0.2, -0.15) is 0 Å². The number of nitrogens with zero attached hydrogens (tertiary/aromatic N) is 1. The van der Waals surface area contributed by atoms with Gasteiger partial charge in [-0.25, -0.2) is 0 Å². The molecule has 6 heteroatoms. The lowest BCUT2D eigenvalue weighted by Crippen LogP contribution is -2.33. The van der Waals surface area contributed by atoms with Crippen LogP contribution in [0.15, 0.2) is 22.7 Å². The molecule has 1 unspecified atom stereocenters. The number of rotatable bonds is 2. The Labute approximate surface area is 139 Å². The van der Waals surface area contributed by atoms with Crippen molar-refractivity contribution in [2.75, 3.05) is 33.3 Å². The van der Waals surface area contributed by atoms with E-state index in [1.807, 2.05) is 23.1 Å². The van der Waals surface area contributed by atoms with Crippen LogP contribution in [0.25, 0.3) is 0 Å². The van der Waals surface area contributed by atoms with Gasteiger partial charge >= 0.3 is 0 Å². The molecule has 1 aromatic rings. The maximum absolute atomic E-state index is 12.6. The van der Waals surface area contributed by atoms with Crippen molar-refractivity contribution in [3.63, 3.8) is 0 Å². The van der Waals surface area contributed by atoms with Gasteiger partial charge in [0.1, 0.15) is 5.75 Å². The summed E-state index contributed by atoms with van der Waals surface area (Å²) in [6.45, 7) is 3.87. The van der Waals surface area contributed by atoms with E-state index in [2.05, 4.69) is 21.2 Å². The van der Waals surface area contributed by atoms with Gasteiger partial charge in [0.15, 0.2) is 0 Å². The maximum atomic E-state index is 12.6. The van der Waals surface area contributed by atoms with Crippen LogP contribution >= 0.6 is 28.3 Å². The first-order valence-corrected chi connectivity index (χ1v) is 7.76. The number of carbonyl (C=O) groups excluding carboxylic acids is 1. The molecule has 1 atom stereocenters. The normalized spacial score (nSPS) is 24.2. The van der Waals surface area contributed by atoms with Gasteiger partial charge in [-0.1, -0.05) is 0 Å². The van der Waals surface area contributed by atoms with Crippen LogP contribution in [0.2, 0.25) is 0 Å². The van der Waals surface area contributed by atoms with E-state index in [1.165, 1.54) is 6.42 Å². The summed E-state index contributed by atoms with van der Waals surface area (Å²) in [6, 6.07) is 5.52. The van der Waals surface area contributed by atoms with Gasteiger partial charge < -0.3 is 15.0 Å². The number of likely N-dealkylation sites (tertiary alicyclic amines) is 1. The molecule has 1 amide bonds. The Morgan fingerprint density at radius 1 is 1.43 bits per heavy atom. The highest BCUT2D eigenvalue weighted by atomic mass is 79.9. The van der Waals surface area contributed by atoms with Crippen molar-refractivity contribution >= 4 is 34.2 Å². The topological polar surface area (TPSA) is 41.6 Å². The molecule has 2 fully saturated rings. The minimum Gasteiger partial charge on any atom is -0.496 e. The molecule has 3 rings (SSSR count). The molecule has 0 radical (unpaired) electrons. The summed E-state index contributed by atoms with van der Waals surface area (Å²) < 4.78 is 6.02. The van der Waals surface area contributed by atoms with Gasteiger partial charge in [-0.15, -0.1) is 12.4 Å². The van der Waals surface area contributed by atoms with Crippen LogP contribution in [0.4, 0.5) is 0 Å². The van der Waals surface area contributed by atoms with Crippen LogP contribution in [0.1, 0.15) is 23.2 Å². The first-order valence-electron chi connectivity index (χ1n) is 6.97. The third kappa shape index (κ3) is 3.20. The van der Waals surface area contributed by atoms with E-state index < -0.39 is 0 Å². The number of hydrogen-bond donors (Lipinski definition) is 1. The quantitative estimate of drug-likeness (QED) is 0.864. The van der Waals surface area contributed by atoms with Crippen LogP contribution < -0.4 is 10.1 Å². The number of carbonyl (C=O) groups is 1. The van der Waals surface area contributed by atoms with Crippen molar-refractivity contribution in [1.82, 2.24) is 10.2 Å². The number of benzene rings is 1. The zero-order valence-corrected chi connectivity index (χ0v) is 14.4. The molecule has 116 valence electrons. The highest BCUT2D eigenvalue weighted by molar-refractivity contribution is 9.10. The number of nitrogens with one attached hydrogen (secondary N) is 1. The van der Waals surface area contributed by atoms with E-state index >= 15 is 0 Å². The van der Waals surface area contributed by atoms with E-state index in [9.17, 15) is 4.79 Å². The molecule has 21 heavy (non-hydrogen) atoms. The lowest BCUT2D eigenvalue weighted by Gasteiger charge is -2.23. The molecular formula is C15H20BrClN2O2. The Bertz CT molecular complexity index is 532. The second-order valence-electron chi connectivity index (χ2n) is 5.75. The van der Waals surface area contributed by atoms with Crippen molar-refractivity contribution in [2.45, 2.75) is 12.8 Å². The van der Waals surface area contributed by atoms with Crippen LogP contribution in [-0.2, 0) is 0 Å². The third-order valence-electron chi connectivity index (χ3n) is 4.46. The Hall–Kier alpha value is -0.780. The summed E-state index contributed by atoms with van der Waals surface area (Å²) in [5.41, 5.74) is 1.04. The van der Waals surface area contributed by atoms with E-state index in [0.29, 0.717) is 5.41 Å². The van der Waals surface area contributed by atoms with Crippen molar-refractivity contribution < 1.29 is 9.53 Å². The van der Waals surface area contributed by atoms with E-state index in [-0.39, 0.29) is 18.3 Å². The molecule has 2 aliphatic rings. The lowest BCUT2D eigenvalue weighted by atomic mass is 9.86. The van der Waals surface area contributed by atoms with Crippen molar-refractivity contribution in [1.29, 1.82) is 0 Å². The van der Waals surface area contributed by atoms with E-state index in [1.54, 1.807) is 7.11 Å². The van der Waals surface area contributed by atoms with Gasteiger partial charge in [-0.3, -0.25) is 4.79 Å². The predicted octanol–water partition coefficient (Wildman–Crippen LogP) is 2.71. The molecule has 0 bridgehead atoms. The molecule has 4 nitrogen and oxygen atoms in total. The minimum absolute atomic E-state index is 0. The van der Waals surface area contributed by atoms with Gasteiger partial charge in [0, 0.05) is 30.6 Å². The van der Waals surface area contributed by atoms with Crippen molar-refractivity contribution in [2.24, 2.45) is 5.41 Å². The summed E-state index contributed by atoms with van der Waals surface area (Å²) >= 11 is 3.44. The molecule has 1 N–H and O–H groups in total. The Morgan fingerprint density at radius 2 is 2.24 bits per heavy atom. The molecule has 1 aromatic carbocycles. The average molecular weight is 376 g/mol.